The van der Waals surface area contributed by atoms with Crippen molar-refractivity contribution in [1.29, 1.82) is 0 Å². The predicted octanol–water partition coefficient (Wildman–Crippen LogP) is 4.29. The lowest BCUT2D eigenvalue weighted by atomic mass is 10.3. The fraction of sp³-hybridized carbons (Fsp3) is 0.455. The molecule has 0 fully saturated rings. The topological polar surface area (TPSA) is 18.5 Å². The first-order chi connectivity index (χ1) is 7.19. The van der Waals surface area contributed by atoms with Gasteiger partial charge in [0.05, 0.1) is 18.2 Å². The quantitative estimate of drug-likeness (QED) is 0.806. The molecular weight excluding hydrogens is 279 g/mol. The summed E-state index contributed by atoms with van der Waals surface area (Å²) in [7, 11) is 0. The molecule has 0 unspecified atom stereocenters. The average Bonchev–Trinajstić information content (AvgIpc) is 2.19. The van der Waals surface area contributed by atoms with Crippen LogP contribution in [0, 0.1) is 0 Å². The molecule has 0 spiro atoms. The van der Waals surface area contributed by atoms with Crippen LogP contribution in [0.1, 0.15) is 20.3 Å². The molecule has 1 aromatic carbocycles. The van der Waals surface area contributed by atoms with E-state index in [1.165, 1.54) is 0 Å². The van der Waals surface area contributed by atoms with Gasteiger partial charge in [-0.3, -0.25) is 0 Å². The van der Waals surface area contributed by atoms with Crippen LogP contribution in [-0.4, -0.2) is 13.2 Å². The number of rotatable bonds is 5. The molecule has 0 bridgehead atoms. The zero-order chi connectivity index (χ0) is 11.3. The molecule has 1 aromatic rings. The third-order valence-corrected chi connectivity index (χ3v) is 2.46. The highest BCUT2D eigenvalue weighted by Gasteiger charge is 2.11. The van der Waals surface area contributed by atoms with Crippen LogP contribution >= 0.6 is 27.5 Å². The van der Waals surface area contributed by atoms with E-state index in [2.05, 4.69) is 22.9 Å². The average molecular weight is 294 g/mol. The number of halogens is 2. The second-order valence-corrected chi connectivity index (χ2v) is 4.32. The Morgan fingerprint density at radius 3 is 2.60 bits per heavy atom. The lowest BCUT2D eigenvalue weighted by Crippen LogP contribution is -2.00. The highest BCUT2D eigenvalue weighted by Crippen LogP contribution is 2.38. The third-order valence-electron chi connectivity index (χ3n) is 1.72. The monoisotopic (exact) mass is 292 g/mol. The van der Waals surface area contributed by atoms with Crippen LogP contribution in [-0.2, 0) is 0 Å². The van der Waals surface area contributed by atoms with E-state index in [1.807, 2.05) is 13.0 Å². The van der Waals surface area contributed by atoms with Gasteiger partial charge in [0, 0.05) is 4.47 Å². The van der Waals surface area contributed by atoms with Gasteiger partial charge >= 0.3 is 0 Å². The number of ether oxygens (including phenoxy) is 2. The van der Waals surface area contributed by atoms with E-state index >= 15 is 0 Å². The number of benzene rings is 1. The van der Waals surface area contributed by atoms with Crippen LogP contribution in [0.4, 0.5) is 0 Å². The third kappa shape index (κ3) is 3.58. The lowest BCUT2D eigenvalue weighted by molar-refractivity contribution is 0.277. The molecule has 0 atom stereocenters. The minimum absolute atomic E-state index is 0.567. The van der Waals surface area contributed by atoms with E-state index < -0.39 is 0 Å². The molecule has 0 amide bonds. The fourth-order valence-electron chi connectivity index (χ4n) is 1.14. The smallest absolute Gasteiger partial charge is 0.179 e. The first kappa shape index (κ1) is 12.7. The second kappa shape index (κ2) is 6.23. The van der Waals surface area contributed by atoms with E-state index in [0.29, 0.717) is 29.7 Å². The highest BCUT2D eigenvalue weighted by molar-refractivity contribution is 9.10. The van der Waals surface area contributed by atoms with Crippen LogP contribution < -0.4 is 9.47 Å². The van der Waals surface area contributed by atoms with Crippen molar-refractivity contribution in [3.63, 3.8) is 0 Å². The zero-order valence-electron chi connectivity index (χ0n) is 8.85. The van der Waals surface area contributed by atoms with E-state index in [0.717, 1.165) is 10.9 Å². The zero-order valence-corrected chi connectivity index (χ0v) is 11.2. The summed E-state index contributed by atoms with van der Waals surface area (Å²) in [5.41, 5.74) is 0. The molecule has 2 nitrogen and oxygen atoms in total. The number of hydrogen-bond donors (Lipinski definition) is 0. The van der Waals surface area contributed by atoms with E-state index in [9.17, 15) is 0 Å². The van der Waals surface area contributed by atoms with Crippen molar-refractivity contribution in [2.75, 3.05) is 13.2 Å². The molecule has 0 heterocycles. The van der Waals surface area contributed by atoms with Gasteiger partial charge in [-0.1, -0.05) is 34.5 Å². The van der Waals surface area contributed by atoms with Crippen molar-refractivity contribution in [1.82, 2.24) is 0 Å². The van der Waals surface area contributed by atoms with Crippen LogP contribution in [0.5, 0.6) is 11.5 Å². The van der Waals surface area contributed by atoms with Crippen LogP contribution in [0.2, 0.25) is 5.02 Å². The Bertz CT molecular complexity index is 329. The molecule has 0 aromatic heterocycles. The van der Waals surface area contributed by atoms with Gasteiger partial charge in [-0.05, 0) is 25.5 Å². The molecule has 0 N–H and O–H groups in total. The summed E-state index contributed by atoms with van der Waals surface area (Å²) in [5, 5.41) is 0.567. The van der Waals surface area contributed by atoms with Crippen LogP contribution in [0.3, 0.4) is 0 Å². The van der Waals surface area contributed by atoms with E-state index in [-0.39, 0.29) is 0 Å². The summed E-state index contributed by atoms with van der Waals surface area (Å²) in [6, 6.07) is 3.66. The standard InChI is InChI=1S/C11H14BrClO2/c1-3-5-15-10-7-8(12)6-9(13)11(10)14-4-2/h6-7H,3-5H2,1-2H3. The molecule has 0 aliphatic carbocycles. The summed E-state index contributed by atoms with van der Waals surface area (Å²) in [4.78, 5) is 0. The molecule has 15 heavy (non-hydrogen) atoms. The van der Waals surface area contributed by atoms with Crippen LogP contribution in [0.15, 0.2) is 16.6 Å². The Kier molecular flexibility index (Phi) is 5.26. The molecular formula is C11H14BrClO2. The van der Waals surface area contributed by atoms with Gasteiger partial charge in [-0.25, -0.2) is 0 Å². The Balaban J connectivity index is 2.97. The Hall–Kier alpha value is -0.410. The van der Waals surface area contributed by atoms with Gasteiger partial charge in [0.15, 0.2) is 11.5 Å². The van der Waals surface area contributed by atoms with Crippen LogP contribution in [0.25, 0.3) is 0 Å². The fourth-order valence-corrected chi connectivity index (χ4v) is 1.97. The Morgan fingerprint density at radius 1 is 1.27 bits per heavy atom. The van der Waals surface area contributed by atoms with Gasteiger partial charge in [0.25, 0.3) is 0 Å². The SMILES string of the molecule is CCCOc1cc(Br)cc(Cl)c1OCC. The minimum atomic E-state index is 0.567. The minimum Gasteiger partial charge on any atom is -0.490 e. The molecule has 84 valence electrons. The van der Waals surface area contributed by atoms with Gasteiger partial charge in [0.2, 0.25) is 0 Å². The van der Waals surface area contributed by atoms with Crippen molar-refractivity contribution < 1.29 is 9.47 Å². The highest BCUT2D eigenvalue weighted by atomic mass is 79.9. The normalized spacial score (nSPS) is 10.1. The summed E-state index contributed by atoms with van der Waals surface area (Å²) in [6.45, 7) is 5.21. The maximum Gasteiger partial charge on any atom is 0.179 e. The van der Waals surface area contributed by atoms with Gasteiger partial charge < -0.3 is 9.47 Å². The van der Waals surface area contributed by atoms with Gasteiger partial charge in [0.1, 0.15) is 0 Å². The first-order valence-electron chi connectivity index (χ1n) is 4.93. The molecule has 0 saturated heterocycles. The molecule has 4 heteroatoms. The molecule has 1 rings (SSSR count). The van der Waals surface area contributed by atoms with Crippen molar-refractivity contribution in [2.24, 2.45) is 0 Å². The van der Waals surface area contributed by atoms with Crippen molar-refractivity contribution in [2.45, 2.75) is 20.3 Å². The van der Waals surface area contributed by atoms with E-state index in [4.69, 9.17) is 21.1 Å². The van der Waals surface area contributed by atoms with Gasteiger partial charge in [-0.15, -0.1) is 0 Å². The summed E-state index contributed by atoms with van der Waals surface area (Å²) >= 11 is 9.43. The Labute approximate surface area is 104 Å². The molecule has 0 radical (unpaired) electrons. The summed E-state index contributed by atoms with van der Waals surface area (Å²) in [5.74, 6) is 1.31. The maximum absolute atomic E-state index is 6.06. The molecule has 0 aliphatic heterocycles. The lowest BCUT2D eigenvalue weighted by Gasteiger charge is -2.13. The first-order valence-corrected chi connectivity index (χ1v) is 6.10. The van der Waals surface area contributed by atoms with E-state index in [1.54, 1.807) is 6.07 Å². The second-order valence-electron chi connectivity index (χ2n) is 3.00. The summed E-state index contributed by atoms with van der Waals surface area (Å²) < 4.78 is 11.9. The summed E-state index contributed by atoms with van der Waals surface area (Å²) in [6.07, 6.45) is 0.954. The van der Waals surface area contributed by atoms with Crippen molar-refractivity contribution in [3.8, 4) is 11.5 Å². The Morgan fingerprint density at radius 2 is 2.00 bits per heavy atom. The molecule has 0 saturated carbocycles. The number of hydrogen-bond acceptors (Lipinski definition) is 2. The predicted molar refractivity (Wildman–Crippen MR) is 66.1 cm³/mol. The maximum atomic E-state index is 6.06. The van der Waals surface area contributed by atoms with Crippen molar-refractivity contribution in [3.05, 3.63) is 21.6 Å². The van der Waals surface area contributed by atoms with Crippen molar-refractivity contribution >= 4 is 27.5 Å². The van der Waals surface area contributed by atoms with Gasteiger partial charge in [-0.2, -0.15) is 0 Å². The molecule has 0 aliphatic rings. The largest absolute Gasteiger partial charge is 0.490 e.